The number of ether oxygens (including phenoxy) is 1. The molecule has 0 atom stereocenters. The summed E-state index contributed by atoms with van der Waals surface area (Å²) < 4.78 is 4.97. The number of benzene rings is 1. The van der Waals surface area contributed by atoms with Gasteiger partial charge in [0.05, 0.1) is 7.11 Å². The number of rotatable bonds is 1. The summed E-state index contributed by atoms with van der Waals surface area (Å²) in [5, 5.41) is 5.75. The molecule has 2 N–H and O–H groups in total. The molecule has 0 unspecified atom stereocenters. The normalized spacial score (nSPS) is 8.00. The summed E-state index contributed by atoms with van der Waals surface area (Å²) in [6, 6.07) is 7.96. The molecule has 0 saturated heterocycles. The molecule has 1 aromatic rings. The molecular weight excluding hydrogens is 140 g/mol. The van der Waals surface area contributed by atoms with E-state index in [0.29, 0.717) is 0 Å². The first-order valence-electron chi connectivity index (χ1n) is 3.43. The summed E-state index contributed by atoms with van der Waals surface area (Å²) in [5.41, 5.74) is 1.26. The average Bonchev–Trinajstić information content (AvgIpc) is 2.10. The fourth-order valence-electron chi connectivity index (χ4n) is 0.674. The quantitative estimate of drug-likeness (QED) is 0.563. The van der Waals surface area contributed by atoms with Gasteiger partial charge in [0, 0.05) is 0 Å². The van der Waals surface area contributed by atoms with Gasteiger partial charge < -0.3 is 9.84 Å². The van der Waals surface area contributed by atoms with Crippen molar-refractivity contribution in [3.63, 3.8) is 0 Å². The molecule has 2 nitrogen and oxygen atoms in total. The lowest BCUT2D eigenvalue weighted by molar-refractivity contribution is 0.399. The second kappa shape index (κ2) is 5.74. The van der Waals surface area contributed by atoms with Crippen molar-refractivity contribution in [1.29, 1.82) is 0 Å². The van der Waals surface area contributed by atoms with Gasteiger partial charge in [0.25, 0.3) is 0 Å². The van der Waals surface area contributed by atoms with Crippen molar-refractivity contribution >= 4 is 0 Å². The third-order valence-corrected chi connectivity index (χ3v) is 1.26. The smallest absolute Gasteiger partial charge is 0.133 e. The minimum absolute atomic E-state index is 0.917. The lowest BCUT2D eigenvalue weighted by Crippen LogP contribution is -1.80. The zero-order valence-electron chi connectivity index (χ0n) is 7.22. The van der Waals surface area contributed by atoms with Crippen LogP contribution in [0.5, 0.6) is 5.75 Å². The molecule has 0 radical (unpaired) electrons. The number of hydrogen-bond acceptors (Lipinski definition) is 1. The highest BCUT2D eigenvalue weighted by atomic mass is 16.5. The van der Waals surface area contributed by atoms with E-state index in [1.165, 1.54) is 12.7 Å². The molecule has 2 heteroatoms. The minimum atomic E-state index is 0.917. The Morgan fingerprint density at radius 2 is 1.55 bits per heavy atom. The highest BCUT2D eigenvalue weighted by Crippen LogP contribution is 2.09. The maximum absolute atomic E-state index is 5.75. The molecule has 0 fully saturated rings. The Labute approximate surface area is 67.4 Å². The topological polar surface area (TPSA) is 32.1 Å². The Kier molecular flexibility index (Phi) is 5.21. The van der Waals surface area contributed by atoms with Gasteiger partial charge in [-0.15, -0.1) is 0 Å². The van der Waals surface area contributed by atoms with Crippen LogP contribution in [0.25, 0.3) is 0 Å². The van der Waals surface area contributed by atoms with Crippen molar-refractivity contribution in [3.8, 4) is 5.75 Å². The Morgan fingerprint density at radius 3 is 1.91 bits per heavy atom. The minimum Gasteiger partial charge on any atom is -0.497 e. The maximum atomic E-state index is 5.75. The summed E-state index contributed by atoms with van der Waals surface area (Å²) in [6.07, 6.45) is 0. The molecule has 62 valence electrons. The van der Waals surface area contributed by atoms with Crippen LogP contribution >= 0.6 is 0 Å². The van der Waals surface area contributed by atoms with Gasteiger partial charge in [-0.1, -0.05) is 17.7 Å². The van der Waals surface area contributed by atoms with Gasteiger partial charge in [0.15, 0.2) is 0 Å². The fourth-order valence-corrected chi connectivity index (χ4v) is 0.674. The molecule has 0 spiro atoms. The van der Waals surface area contributed by atoms with E-state index in [-0.39, 0.29) is 0 Å². The third-order valence-electron chi connectivity index (χ3n) is 1.26. The predicted molar refractivity (Wildman–Crippen MR) is 47.3 cm³/mol. The Balaban J connectivity index is 0.000000461. The van der Waals surface area contributed by atoms with Crippen molar-refractivity contribution in [2.45, 2.75) is 6.92 Å². The van der Waals surface area contributed by atoms with Crippen molar-refractivity contribution in [2.24, 2.45) is 0 Å². The first-order chi connectivity index (χ1) is 5.33. The first-order valence-corrected chi connectivity index (χ1v) is 3.43. The van der Waals surface area contributed by atoms with Crippen LogP contribution in [0.15, 0.2) is 24.3 Å². The molecule has 0 bridgehead atoms. The summed E-state index contributed by atoms with van der Waals surface area (Å²) in [6.45, 7) is 2.06. The zero-order chi connectivity index (χ0) is 8.69. The SMILES string of the molecule is COc1ccc(C)cc1.C[OH2+]. The van der Waals surface area contributed by atoms with Gasteiger partial charge in [-0.2, -0.15) is 0 Å². The number of methoxy groups -OCH3 is 1. The van der Waals surface area contributed by atoms with Crippen molar-refractivity contribution in [2.75, 3.05) is 14.2 Å². The highest BCUT2D eigenvalue weighted by Gasteiger charge is 1.85. The van der Waals surface area contributed by atoms with Gasteiger partial charge in [-0.3, -0.25) is 0 Å². The molecule has 1 aromatic carbocycles. The van der Waals surface area contributed by atoms with Crippen LogP contribution in [0.1, 0.15) is 5.56 Å². The van der Waals surface area contributed by atoms with E-state index in [2.05, 4.69) is 6.92 Å². The molecule has 0 saturated carbocycles. The molecule has 0 heterocycles. The van der Waals surface area contributed by atoms with Crippen LogP contribution in [-0.2, 0) is 0 Å². The first kappa shape index (κ1) is 9.98. The van der Waals surface area contributed by atoms with Crippen LogP contribution in [0, 0.1) is 6.92 Å². The molecule has 0 aliphatic carbocycles. The summed E-state index contributed by atoms with van der Waals surface area (Å²) in [4.78, 5) is 0. The van der Waals surface area contributed by atoms with Gasteiger partial charge in [-0.25, -0.2) is 0 Å². The van der Waals surface area contributed by atoms with Crippen molar-refractivity contribution < 1.29 is 9.84 Å². The van der Waals surface area contributed by atoms with Crippen LogP contribution in [-0.4, -0.2) is 19.3 Å². The van der Waals surface area contributed by atoms with Crippen molar-refractivity contribution in [1.82, 2.24) is 0 Å². The third kappa shape index (κ3) is 3.63. The Morgan fingerprint density at radius 1 is 1.09 bits per heavy atom. The van der Waals surface area contributed by atoms with Gasteiger partial charge >= 0.3 is 0 Å². The van der Waals surface area contributed by atoms with Gasteiger partial charge in [0.1, 0.15) is 12.9 Å². The van der Waals surface area contributed by atoms with E-state index < -0.39 is 0 Å². The van der Waals surface area contributed by atoms with E-state index in [1.807, 2.05) is 24.3 Å². The van der Waals surface area contributed by atoms with Gasteiger partial charge in [0.2, 0.25) is 0 Å². The van der Waals surface area contributed by atoms with Crippen LogP contribution in [0.3, 0.4) is 0 Å². The number of hydrogen-bond donors (Lipinski definition) is 0. The molecule has 0 aliphatic rings. The van der Waals surface area contributed by atoms with Crippen molar-refractivity contribution in [3.05, 3.63) is 29.8 Å². The second-order valence-corrected chi connectivity index (χ2v) is 2.02. The molecular formula is C9H15O2+. The molecule has 0 amide bonds. The molecule has 1 rings (SSSR count). The fraction of sp³-hybridized carbons (Fsp3) is 0.333. The lowest BCUT2D eigenvalue weighted by Gasteiger charge is -1.97. The number of aryl methyl sites for hydroxylation is 1. The summed E-state index contributed by atoms with van der Waals surface area (Å²) in [7, 11) is 2.92. The average molecular weight is 155 g/mol. The van der Waals surface area contributed by atoms with Crippen LogP contribution < -0.4 is 4.74 Å². The maximum Gasteiger partial charge on any atom is 0.133 e. The Hall–Kier alpha value is -1.02. The van der Waals surface area contributed by atoms with Gasteiger partial charge in [-0.05, 0) is 19.1 Å². The monoisotopic (exact) mass is 155 g/mol. The standard InChI is InChI=1S/C8H10O.CH4O/c1-7-3-5-8(9-2)6-4-7;1-2/h3-6H,1-2H3;2H,1H3/p+1. The van der Waals surface area contributed by atoms with E-state index >= 15 is 0 Å². The zero-order valence-corrected chi connectivity index (χ0v) is 7.22. The highest BCUT2D eigenvalue weighted by molar-refractivity contribution is 5.25. The molecule has 0 aliphatic heterocycles. The largest absolute Gasteiger partial charge is 0.497 e. The summed E-state index contributed by atoms with van der Waals surface area (Å²) >= 11 is 0. The van der Waals surface area contributed by atoms with E-state index in [4.69, 9.17) is 9.84 Å². The second-order valence-electron chi connectivity index (χ2n) is 2.02. The van der Waals surface area contributed by atoms with E-state index in [9.17, 15) is 0 Å². The van der Waals surface area contributed by atoms with E-state index in [0.717, 1.165) is 5.75 Å². The van der Waals surface area contributed by atoms with Crippen LogP contribution in [0.4, 0.5) is 0 Å². The summed E-state index contributed by atoms with van der Waals surface area (Å²) in [5.74, 6) is 0.917. The molecule has 0 aromatic heterocycles. The molecule has 11 heavy (non-hydrogen) atoms. The Bertz CT molecular complexity index is 179. The lowest BCUT2D eigenvalue weighted by atomic mass is 10.2. The van der Waals surface area contributed by atoms with E-state index in [1.54, 1.807) is 7.11 Å². The predicted octanol–water partition coefficient (Wildman–Crippen LogP) is 1.34. The van der Waals surface area contributed by atoms with Crippen LogP contribution in [0.2, 0.25) is 0 Å².